The van der Waals surface area contributed by atoms with E-state index in [0.29, 0.717) is 22.9 Å². The second-order valence-electron chi connectivity index (χ2n) is 6.04. The number of rotatable bonds is 6. The van der Waals surface area contributed by atoms with Crippen molar-refractivity contribution in [2.24, 2.45) is 0 Å². The quantitative estimate of drug-likeness (QED) is 0.569. The third-order valence-corrected chi connectivity index (χ3v) is 5.43. The molecule has 1 heterocycles. The molecule has 1 aromatic heterocycles. The van der Waals surface area contributed by atoms with Gasteiger partial charge in [-0.25, -0.2) is 4.98 Å². The van der Waals surface area contributed by atoms with E-state index in [2.05, 4.69) is 4.98 Å². The summed E-state index contributed by atoms with van der Waals surface area (Å²) in [6.45, 7) is 5.44. The average Bonchev–Trinajstić information content (AvgIpc) is 3.01. The maximum Gasteiger partial charge on any atom is 0.296 e. The Morgan fingerprint density at radius 3 is 2.52 bits per heavy atom. The molecule has 0 fully saturated rings. The molecule has 140 valence electrons. The molecule has 0 radical (unpaired) electrons. The van der Waals surface area contributed by atoms with Crippen LogP contribution >= 0.6 is 0 Å². The van der Waals surface area contributed by atoms with Crippen LogP contribution in [-0.2, 0) is 14.3 Å². The fourth-order valence-corrected chi connectivity index (χ4v) is 3.65. The summed E-state index contributed by atoms with van der Waals surface area (Å²) in [6, 6.07) is 14.7. The highest BCUT2D eigenvalue weighted by Crippen LogP contribution is 2.30. The van der Waals surface area contributed by atoms with Gasteiger partial charge in [0.15, 0.2) is 0 Å². The number of oxazole rings is 1. The molecule has 0 aliphatic heterocycles. The number of aromatic nitrogens is 1. The second-order valence-corrected chi connectivity index (χ2v) is 7.65. The van der Waals surface area contributed by atoms with Crippen LogP contribution in [0.5, 0.6) is 0 Å². The second kappa shape index (κ2) is 7.90. The average molecular weight is 383 g/mol. The first-order valence-electron chi connectivity index (χ1n) is 8.61. The molecular weight excluding hydrogens is 362 g/mol. The summed E-state index contributed by atoms with van der Waals surface area (Å²) in [5, 5.41) is 0. The minimum Gasteiger partial charge on any atom is -0.441 e. The minimum absolute atomic E-state index is 0.0863. The molecule has 0 bridgehead atoms. The van der Waals surface area contributed by atoms with Gasteiger partial charge in [0.25, 0.3) is 10.1 Å². The largest absolute Gasteiger partial charge is 0.441 e. The van der Waals surface area contributed by atoms with Gasteiger partial charge in [0, 0.05) is 11.6 Å². The maximum atomic E-state index is 12.2. The molecule has 0 saturated heterocycles. The predicted molar refractivity (Wildman–Crippen MR) is 106 cm³/mol. The summed E-state index contributed by atoms with van der Waals surface area (Å²) in [4.78, 5) is 4.64. The Morgan fingerprint density at radius 1 is 1.07 bits per heavy atom. The molecular formula is C21H21NO4S. The molecule has 2 aromatic carbocycles. The third-order valence-electron chi connectivity index (χ3n) is 4.06. The fourth-order valence-electron chi connectivity index (χ4n) is 2.70. The molecule has 5 nitrogen and oxygen atoms in total. The first-order valence-corrected chi connectivity index (χ1v) is 10.0. The van der Waals surface area contributed by atoms with Crippen LogP contribution in [0.15, 0.2) is 57.8 Å². The SMILES string of the molecule is CCOS(=O)(=O)c1ccc(C)c(-c2nc(C=Cc3ccccc3)oc2C)c1. The smallest absolute Gasteiger partial charge is 0.296 e. The van der Waals surface area contributed by atoms with Gasteiger partial charge in [-0.05, 0) is 50.1 Å². The van der Waals surface area contributed by atoms with E-state index >= 15 is 0 Å². The molecule has 0 saturated carbocycles. The molecule has 0 spiro atoms. The number of hydrogen-bond acceptors (Lipinski definition) is 5. The van der Waals surface area contributed by atoms with E-state index in [-0.39, 0.29) is 11.5 Å². The highest BCUT2D eigenvalue weighted by molar-refractivity contribution is 7.86. The zero-order valence-electron chi connectivity index (χ0n) is 15.5. The first-order chi connectivity index (χ1) is 12.9. The van der Waals surface area contributed by atoms with E-state index in [4.69, 9.17) is 8.60 Å². The van der Waals surface area contributed by atoms with E-state index in [0.717, 1.165) is 11.1 Å². The van der Waals surface area contributed by atoms with Crippen LogP contribution in [0.1, 0.15) is 29.7 Å². The maximum absolute atomic E-state index is 12.2. The number of aryl methyl sites for hydroxylation is 2. The van der Waals surface area contributed by atoms with Crippen molar-refractivity contribution in [3.05, 3.63) is 71.3 Å². The van der Waals surface area contributed by atoms with Crippen LogP contribution < -0.4 is 0 Å². The van der Waals surface area contributed by atoms with Crippen molar-refractivity contribution in [3.8, 4) is 11.3 Å². The van der Waals surface area contributed by atoms with Crippen molar-refractivity contribution < 1.29 is 17.0 Å². The molecule has 27 heavy (non-hydrogen) atoms. The lowest BCUT2D eigenvalue weighted by Gasteiger charge is -2.08. The van der Waals surface area contributed by atoms with Gasteiger partial charge in [0.2, 0.25) is 5.89 Å². The Labute approximate surface area is 159 Å². The zero-order chi connectivity index (χ0) is 19.4. The Kier molecular flexibility index (Phi) is 5.58. The van der Waals surface area contributed by atoms with E-state index in [1.54, 1.807) is 25.1 Å². The standard InChI is InChI=1S/C21H21NO4S/c1-4-25-27(23,24)18-12-10-15(2)19(14-18)21-16(3)26-20(22-21)13-11-17-8-6-5-7-9-17/h5-14H,4H2,1-3H3. The Balaban J connectivity index is 1.97. The Bertz CT molecular complexity index is 1070. The minimum atomic E-state index is -3.78. The van der Waals surface area contributed by atoms with Crippen molar-refractivity contribution in [3.63, 3.8) is 0 Å². The summed E-state index contributed by atoms with van der Waals surface area (Å²) in [5.74, 6) is 1.08. The molecule has 0 unspecified atom stereocenters. The number of nitrogens with zero attached hydrogens (tertiary/aromatic N) is 1. The molecule has 0 aliphatic rings. The fraction of sp³-hybridized carbons (Fsp3) is 0.190. The van der Waals surface area contributed by atoms with Gasteiger partial charge in [-0.3, -0.25) is 4.18 Å². The van der Waals surface area contributed by atoms with Crippen molar-refractivity contribution in [2.45, 2.75) is 25.7 Å². The normalized spacial score (nSPS) is 12.0. The van der Waals surface area contributed by atoms with Crippen LogP contribution in [0.3, 0.4) is 0 Å². The van der Waals surface area contributed by atoms with Crippen molar-refractivity contribution in [2.75, 3.05) is 6.61 Å². The monoisotopic (exact) mass is 383 g/mol. The van der Waals surface area contributed by atoms with E-state index in [1.807, 2.05) is 50.3 Å². The summed E-state index contributed by atoms with van der Waals surface area (Å²) < 4.78 is 35.0. The molecule has 0 N–H and O–H groups in total. The molecule has 0 amide bonds. The number of benzene rings is 2. The first kappa shape index (κ1) is 19.1. The number of hydrogen-bond donors (Lipinski definition) is 0. The highest BCUT2D eigenvalue weighted by Gasteiger charge is 2.19. The van der Waals surface area contributed by atoms with Crippen LogP contribution in [-0.4, -0.2) is 20.0 Å². The molecule has 0 aliphatic carbocycles. The zero-order valence-corrected chi connectivity index (χ0v) is 16.3. The lowest BCUT2D eigenvalue weighted by Crippen LogP contribution is -2.06. The Morgan fingerprint density at radius 2 is 1.81 bits per heavy atom. The van der Waals surface area contributed by atoms with Gasteiger partial charge in [-0.2, -0.15) is 8.42 Å². The van der Waals surface area contributed by atoms with Crippen molar-refractivity contribution in [1.29, 1.82) is 0 Å². The van der Waals surface area contributed by atoms with Gasteiger partial charge < -0.3 is 4.42 Å². The van der Waals surface area contributed by atoms with Crippen LogP contribution in [0.4, 0.5) is 0 Å². The summed E-state index contributed by atoms with van der Waals surface area (Å²) >= 11 is 0. The van der Waals surface area contributed by atoms with E-state index in [9.17, 15) is 8.42 Å². The molecule has 0 atom stereocenters. The molecule has 3 rings (SSSR count). The van der Waals surface area contributed by atoms with Gasteiger partial charge in [0.1, 0.15) is 11.5 Å². The Hall–Kier alpha value is -2.70. The lowest BCUT2D eigenvalue weighted by molar-refractivity contribution is 0.338. The van der Waals surface area contributed by atoms with Gasteiger partial charge >= 0.3 is 0 Å². The van der Waals surface area contributed by atoms with Crippen LogP contribution in [0.2, 0.25) is 0 Å². The third kappa shape index (κ3) is 4.35. The van der Waals surface area contributed by atoms with Crippen molar-refractivity contribution in [1.82, 2.24) is 4.98 Å². The lowest BCUT2D eigenvalue weighted by atomic mass is 10.1. The van der Waals surface area contributed by atoms with Gasteiger partial charge in [0.05, 0.1) is 11.5 Å². The van der Waals surface area contributed by atoms with Crippen LogP contribution in [0, 0.1) is 13.8 Å². The predicted octanol–water partition coefficient (Wildman–Crippen LogP) is 4.85. The molecule has 3 aromatic rings. The molecule has 6 heteroatoms. The van der Waals surface area contributed by atoms with Crippen molar-refractivity contribution >= 4 is 22.3 Å². The van der Waals surface area contributed by atoms with E-state index in [1.165, 1.54) is 6.07 Å². The van der Waals surface area contributed by atoms with Gasteiger partial charge in [-0.15, -0.1) is 0 Å². The van der Waals surface area contributed by atoms with Crippen LogP contribution in [0.25, 0.3) is 23.4 Å². The summed E-state index contributed by atoms with van der Waals surface area (Å²) in [6.07, 6.45) is 3.71. The summed E-state index contributed by atoms with van der Waals surface area (Å²) in [5.41, 5.74) is 3.27. The van der Waals surface area contributed by atoms with E-state index < -0.39 is 10.1 Å². The highest BCUT2D eigenvalue weighted by atomic mass is 32.2. The van der Waals surface area contributed by atoms with Gasteiger partial charge in [-0.1, -0.05) is 36.4 Å². The summed E-state index contributed by atoms with van der Waals surface area (Å²) in [7, 11) is -3.78. The topological polar surface area (TPSA) is 69.4 Å².